The van der Waals surface area contributed by atoms with Gasteiger partial charge in [-0.2, -0.15) is 0 Å². The molecule has 0 radical (unpaired) electrons. The smallest absolute Gasteiger partial charge is 0.119 e. The zero-order valence-corrected chi connectivity index (χ0v) is 11.4. The monoisotopic (exact) mass is 257 g/mol. The van der Waals surface area contributed by atoms with Gasteiger partial charge in [-0.15, -0.1) is 0 Å². The van der Waals surface area contributed by atoms with Crippen LogP contribution in [0.3, 0.4) is 0 Å². The summed E-state index contributed by atoms with van der Waals surface area (Å²) in [5.74, 6) is 0.856. The molecular weight excluding hydrogens is 238 g/mol. The Bertz CT molecular complexity index is 500. The number of nitrogens with zero attached hydrogens (tertiary/aromatic N) is 1. The molecule has 0 fully saturated rings. The molecule has 0 saturated heterocycles. The number of rotatable bonds is 5. The van der Waals surface area contributed by atoms with E-state index in [2.05, 4.69) is 29.7 Å². The van der Waals surface area contributed by atoms with Gasteiger partial charge in [0.2, 0.25) is 0 Å². The maximum absolute atomic E-state index is 5.55. The molecule has 2 rings (SSSR count). The summed E-state index contributed by atoms with van der Waals surface area (Å²) < 4.78 is 10.5. The fourth-order valence-electron chi connectivity index (χ4n) is 1.88. The summed E-state index contributed by atoms with van der Waals surface area (Å²) in [6, 6.07) is 8.05. The average Bonchev–Trinajstić information content (AvgIpc) is 2.43. The van der Waals surface area contributed by atoms with Crippen molar-refractivity contribution in [3.63, 3.8) is 0 Å². The van der Waals surface area contributed by atoms with Crippen LogP contribution in [0.1, 0.15) is 5.56 Å². The SMILES string of the molecule is C=C1C=CC=C(c2ccc(OCCOC)cc2)N1C. The number of methoxy groups -OCH3 is 1. The van der Waals surface area contributed by atoms with Crippen molar-refractivity contribution < 1.29 is 9.47 Å². The van der Waals surface area contributed by atoms with Crippen LogP contribution in [0.25, 0.3) is 5.70 Å². The Labute approximate surface area is 114 Å². The molecule has 0 aliphatic carbocycles. The molecule has 1 aromatic carbocycles. The summed E-state index contributed by atoms with van der Waals surface area (Å²) in [5, 5.41) is 0. The van der Waals surface area contributed by atoms with Gasteiger partial charge in [-0.1, -0.05) is 12.7 Å². The molecule has 0 saturated carbocycles. The van der Waals surface area contributed by atoms with E-state index in [-0.39, 0.29) is 0 Å². The number of allylic oxidation sites excluding steroid dienone is 3. The second kappa shape index (κ2) is 6.25. The van der Waals surface area contributed by atoms with Crippen molar-refractivity contribution in [1.82, 2.24) is 4.90 Å². The fourth-order valence-corrected chi connectivity index (χ4v) is 1.88. The minimum atomic E-state index is 0.567. The molecular formula is C16H19NO2. The molecule has 0 spiro atoms. The third-order valence-corrected chi connectivity index (χ3v) is 3.04. The molecule has 19 heavy (non-hydrogen) atoms. The topological polar surface area (TPSA) is 21.7 Å². The Hall–Kier alpha value is -2.00. The first kappa shape index (κ1) is 13.4. The summed E-state index contributed by atoms with van der Waals surface area (Å²) in [4.78, 5) is 2.07. The normalized spacial score (nSPS) is 14.5. The zero-order valence-electron chi connectivity index (χ0n) is 11.4. The van der Waals surface area contributed by atoms with E-state index >= 15 is 0 Å². The van der Waals surface area contributed by atoms with Gasteiger partial charge in [0.05, 0.1) is 6.61 Å². The Morgan fingerprint density at radius 2 is 1.89 bits per heavy atom. The van der Waals surface area contributed by atoms with Crippen molar-refractivity contribution in [2.24, 2.45) is 0 Å². The summed E-state index contributed by atoms with van der Waals surface area (Å²) in [5.41, 5.74) is 3.26. The van der Waals surface area contributed by atoms with Gasteiger partial charge in [0.1, 0.15) is 12.4 Å². The number of ether oxygens (including phenoxy) is 2. The molecule has 3 nitrogen and oxygen atoms in total. The first-order valence-electron chi connectivity index (χ1n) is 6.25. The van der Waals surface area contributed by atoms with Crippen molar-refractivity contribution in [3.05, 3.63) is 60.3 Å². The van der Waals surface area contributed by atoms with Crippen molar-refractivity contribution in [2.45, 2.75) is 0 Å². The second-order valence-corrected chi connectivity index (χ2v) is 4.33. The predicted octanol–water partition coefficient (Wildman–Crippen LogP) is 3.07. The average molecular weight is 257 g/mol. The summed E-state index contributed by atoms with van der Waals surface area (Å²) in [6.07, 6.45) is 6.09. The summed E-state index contributed by atoms with van der Waals surface area (Å²) in [7, 11) is 3.68. The highest BCUT2D eigenvalue weighted by Crippen LogP contribution is 2.26. The highest BCUT2D eigenvalue weighted by molar-refractivity contribution is 5.69. The molecule has 0 bridgehead atoms. The maximum atomic E-state index is 5.55. The Kier molecular flexibility index (Phi) is 4.42. The third kappa shape index (κ3) is 3.26. The van der Waals surface area contributed by atoms with Crippen LogP contribution in [-0.2, 0) is 4.74 Å². The van der Waals surface area contributed by atoms with E-state index in [9.17, 15) is 0 Å². The lowest BCUT2D eigenvalue weighted by molar-refractivity contribution is 0.146. The van der Waals surface area contributed by atoms with Gasteiger partial charge < -0.3 is 14.4 Å². The zero-order chi connectivity index (χ0) is 13.7. The standard InChI is InChI=1S/C16H19NO2/c1-13-5-4-6-16(17(13)2)14-7-9-15(10-8-14)19-12-11-18-3/h4-10H,1,11-12H2,2-3H3. The predicted molar refractivity (Wildman–Crippen MR) is 77.8 cm³/mol. The van der Waals surface area contributed by atoms with Gasteiger partial charge in [-0.25, -0.2) is 0 Å². The van der Waals surface area contributed by atoms with Crippen molar-refractivity contribution >= 4 is 5.70 Å². The Morgan fingerprint density at radius 3 is 2.58 bits per heavy atom. The number of hydrogen-bond acceptors (Lipinski definition) is 3. The molecule has 0 unspecified atom stereocenters. The van der Waals surface area contributed by atoms with Gasteiger partial charge in [-0.05, 0) is 42.0 Å². The molecule has 1 aliphatic heterocycles. The molecule has 0 atom stereocenters. The summed E-state index contributed by atoms with van der Waals surface area (Å²) in [6.45, 7) is 5.16. The van der Waals surface area contributed by atoms with E-state index in [0.29, 0.717) is 13.2 Å². The number of benzene rings is 1. The molecule has 0 aromatic heterocycles. The molecule has 0 N–H and O–H groups in total. The van der Waals surface area contributed by atoms with Crippen molar-refractivity contribution in [3.8, 4) is 5.75 Å². The highest BCUT2D eigenvalue weighted by atomic mass is 16.5. The van der Waals surface area contributed by atoms with Crippen LogP contribution in [0.4, 0.5) is 0 Å². The van der Waals surface area contributed by atoms with Crippen LogP contribution in [-0.4, -0.2) is 32.3 Å². The number of likely N-dealkylation sites (N-methyl/N-ethyl adjacent to an activating group) is 1. The largest absolute Gasteiger partial charge is 0.491 e. The van der Waals surface area contributed by atoms with E-state index in [1.807, 2.05) is 31.3 Å². The van der Waals surface area contributed by atoms with Crippen molar-refractivity contribution in [2.75, 3.05) is 27.4 Å². The molecule has 1 aromatic rings. The Morgan fingerprint density at radius 1 is 1.16 bits per heavy atom. The lowest BCUT2D eigenvalue weighted by atomic mass is 10.1. The number of hydrogen-bond donors (Lipinski definition) is 0. The van der Waals surface area contributed by atoms with Gasteiger partial charge in [0.25, 0.3) is 0 Å². The van der Waals surface area contributed by atoms with E-state index in [1.165, 1.54) is 0 Å². The molecule has 1 aliphatic rings. The first-order valence-corrected chi connectivity index (χ1v) is 6.25. The van der Waals surface area contributed by atoms with Gasteiger partial charge in [-0.3, -0.25) is 0 Å². The van der Waals surface area contributed by atoms with Crippen LogP contribution in [0.15, 0.2) is 54.8 Å². The van der Waals surface area contributed by atoms with Gasteiger partial charge >= 0.3 is 0 Å². The van der Waals surface area contributed by atoms with E-state index in [0.717, 1.165) is 22.7 Å². The lowest BCUT2D eigenvalue weighted by Crippen LogP contribution is -2.16. The van der Waals surface area contributed by atoms with E-state index in [4.69, 9.17) is 9.47 Å². The van der Waals surface area contributed by atoms with Crippen LogP contribution >= 0.6 is 0 Å². The molecule has 1 heterocycles. The lowest BCUT2D eigenvalue weighted by Gasteiger charge is -2.25. The molecule has 3 heteroatoms. The maximum Gasteiger partial charge on any atom is 0.119 e. The van der Waals surface area contributed by atoms with Gasteiger partial charge in [0, 0.05) is 25.6 Å². The highest BCUT2D eigenvalue weighted by Gasteiger charge is 2.11. The van der Waals surface area contributed by atoms with Gasteiger partial charge in [0.15, 0.2) is 0 Å². The minimum Gasteiger partial charge on any atom is -0.491 e. The van der Waals surface area contributed by atoms with E-state index in [1.54, 1.807) is 7.11 Å². The van der Waals surface area contributed by atoms with Crippen LogP contribution in [0.2, 0.25) is 0 Å². The summed E-state index contributed by atoms with van der Waals surface area (Å²) >= 11 is 0. The fraction of sp³-hybridized carbons (Fsp3) is 0.250. The molecule has 0 amide bonds. The quantitative estimate of drug-likeness (QED) is 0.757. The minimum absolute atomic E-state index is 0.567. The Balaban J connectivity index is 2.08. The van der Waals surface area contributed by atoms with Crippen LogP contribution < -0.4 is 4.74 Å². The van der Waals surface area contributed by atoms with Crippen molar-refractivity contribution in [1.29, 1.82) is 0 Å². The van der Waals surface area contributed by atoms with Crippen LogP contribution in [0.5, 0.6) is 5.75 Å². The second-order valence-electron chi connectivity index (χ2n) is 4.33. The van der Waals surface area contributed by atoms with Crippen LogP contribution in [0, 0.1) is 0 Å². The molecule has 100 valence electrons. The first-order chi connectivity index (χ1) is 9.22. The third-order valence-electron chi connectivity index (χ3n) is 3.04. The van der Waals surface area contributed by atoms with E-state index < -0.39 is 0 Å².